The Bertz CT molecular complexity index is 1360. The summed E-state index contributed by atoms with van der Waals surface area (Å²) in [5, 5.41) is 5.17. The summed E-state index contributed by atoms with van der Waals surface area (Å²) in [6.45, 7) is 8.53. The highest BCUT2D eigenvalue weighted by Crippen LogP contribution is 2.47. The van der Waals surface area contributed by atoms with E-state index in [1.165, 1.54) is 0 Å². The number of anilines is 2. The maximum atomic E-state index is 12.2. The van der Waals surface area contributed by atoms with Crippen molar-refractivity contribution in [3.8, 4) is 5.88 Å². The van der Waals surface area contributed by atoms with Crippen molar-refractivity contribution in [3.05, 3.63) is 47.4 Å². The lowest BCUT2D eigenvalue weighted by Gasteiger charge is -2.30. The first-order chi connectivity index (χ1) is 16.6. The van der Waals surface area contributed by atoms with Crippen molar-refractivity contribution in [3.63, 3.8) is 0 Å². The van der Waals surface area contributed by atoms with Gasteiger partial charge in [-0.05, 0) is 74.6 Å². The molecule has 0 amide bonds. The highest BCUT2D eigenvalue weighted by Gasteiger charge is 2.43. The van der Waals surface area contributed by atoms with Crippen LogP contribution in [0, 0.1) is 5.92 Å². The number of nitrogens with zero attached hydrogens (tertiary/aromatic N) is 3. The molecule has 182 valence electrons. The average molecular weight is 474 g/mol. The summed E-state index contributed by atoms with van der Waals surface area (Å²) in [5.41, 5.74) is 8.06. The third-order valence-corrected chi connectivity index (χ3v) is 7.61. The van der Waals surface area contributed by atoms with Crippen LogP contribution in [0.5, 0.6) is 5.88 Å². The summed E-state index contributed by atoms with van der Waals surface area (Å²) in [4.78, 5) is 26.3. The number of nitrogens with two attached hydrogens (primary N) is 1. The molecular formula is C27H31N5O3. The number of pyridine rings is 3. The Hall–Kier alpha value is -3.26. The van der Waals surface area contributed by atoms with Gasteiger partial charge in [-0.1, -0.05) is 13.8 Å². The van der Waals surface area contributed by atoms with Crippen LogP contribution in [0.1, 0.15) is 75.0 Å². The van der Waals surface area contributed by atoms with Crippen LogP contribution in [-0.2, 0) is 15.7 Å². The second-order valence-corrected chi connectivity index (χ2v) is 11.4. The van der Waals surface area contributed by atoms with Gasteiger partial charge in [-0.25, -0.2) is 19.7 Å². The monoisotopic (exact) mass is 473 g/mol. The van der Waals surface area contributed by atoms with Gasteiger partial charge in [-0.3, -0.25) is 0 Å². The molecule has 0 aromatic carbocycles. The van der Waals surface area contributed by atoms with E-state index in [4.69, 9.17) is 20.2 Å². The standard InChI is InChI=1S/C27H31N5O3/c1-25(2)14-34-24(33)16-7-8-20(32-22(16)25)31-21-11-17-18(12-29-21)23(35-26(3)9-10-26)30-13-19(17)27(4,28)15-5-6-15/h7-8,11-13,15H,5-6,9-10,14,28H2,1-4H3,(H,29,31,32). The van der Waals surface area contributed by atoms with Gasteiger partial charge in [0.2, 0.25) is 5.88 Å². The van der Waals surface area contributed by atoms with Gasteiger partial charge in [0.1, 0.15) is 23.8 Å². The van der Waals surface area contributed by atoms with Crippen LogP contribution < -0.4 is 15.8 Å². The number of ether oxygens (including phenoxy) is 2. The number of esters is 1. The lowest BCUT2D eigenvalue weighted by Crippen LogP contribution is -2.35. The Labute approximate surface area is 204 Å². The van der Waals surface area contributed by atoms with Crippen LogP contribution in [-0.4, -0.2) is 33.1 Å². The molecule has 0 radical (unpaired) electrons. The Kier molecular flexibility index (Phi) is 4.68. The summed E-state index contributed by atoms with van der Waals surface area (Å²) in [6.07, 6.45) is 7.97. The van der Waals surface area contributed by atoms with Crippen molar-refractivity contribution in [2.75, 3.05) is 11.9 Å². The number of carbonyl (C=O) groups excluding carboxylic acids is 1. The van der Waals surface area contributed by atoms with Gasteiger partial charge in [0.25, 0.3) is 0 Å². The lowest BCUT2D eigenvalue weighted by molar-refractivity contribution is 0.0366. The molecule has 1 atom stereocenters. The van der Waals surface area contributed by atoms with Gasteiger partial charge >= 0.3 is 5.97 Å². The molecule has 0 saturated heterocycles. The maximum absolute atomic E-state index is 12.2. The van der Waals surface area contributed by atoms with Crippen LogP contribution in [0.2, 0.25) is 0 Å². The Balaban J connectivity index is 1.41. The maximum Gasteiger partial charge on any atom is 0.340 e. The number of carbonyl (C=O) groups is 1. The van der Waals surface area contributed by atoms with Gasteiger partial charge in [-0.2, -0.15) is 0 Å². The molecule has 2 aliphatic carbocycles. The summed E-state index contributed by atoms with van der Waals surface area (Å²) in [7, 11) is 0. The minimum atomic E-state index is -0.486. The number of hydrogen-bond acceptors (Lipinski definition) is 8. The number of aromatic nitrogens is 3. The highest BCUT2D eigenvalue weighted by molar-refractivity contribution is 5.93. The summed E-state index contributed by atoms with van der Waals surface area (Å²) in [6, 6.07) is 5.54. The van der Waals surface area contributed by atoms with Crippen molar-refractivity contribution in [2.45, 2.75) is 69.9 Å². The highest BCUT2D eigenvalue weighted by atomic mass is 16.5. The summed E-state index contributed by atoms with van der Waals surface area (Å²) < 4.78 is 11.6. The molecule has 1 aliphatic heterocycles. The van der Waals surface area contributed by atoms with Gasteiger partial charge in [-0.15, -0.1) is 0 Å². The molecule has 2 saturated carbocycles. The molecule has 2 fully saturated rings. The number of rotatable bonds is 6. The van der Waals surface area contributed by atoms with E-state index in [1.54, 1.807) is 18.3 Å². The van der Waals surface area contributed by atoms with Crippen LogP contribution in [0.4, 0.5) is 11.6 Å². The fourth-order valence-electron chi connectivity index (χ4n) is 4.84. The Morgan fingerprint density at radius 1 is 1.11 bits per heavy atom. The van der Waals surface area contributed by atoms with Gasteiger partial charge in [0.05, 0.1) is 16.6 Å². The van der Waals surface area contributed by atoms with Crippen molar-refractivity contribution in [1.82, 2.24) is 15.0 Å². The second-order valence-electron chi connectivity index (χ2n) is 11.4. The van der Waals surface area contributed by atoms with E-state index in [0.717, 1.165) is 47.7 Å². The zero-order valence-electron chi connectivity index (χ0n) is 20.6. The zero-order valence-corrected chi connectivity index (χ0v) is 20.6. The SMILES string of the molecule is CC1(Oc2ncc(C(C)(N)C3CC3)c3cc(Nc4ccc5c(n4)C(C)(C)COC5=O)ncc23)CC1. The van der Waals surface area contributed by atoms with E-state index in [-0.39, 0.29) is 17.0 Å². The smallest absolute Gasteiger partial charge is 0.340 e. The predicted octanol–water partition coefficient (Wildman–Crippen LogP) is 4.73. The molecule has 8 heteroatoms. The number of fused-ring (bicyclic) bond motifs is 2. The Morgan fingerprint density at radius 3 is 2.60 bits per heavy atom. The molecule has 4 heterocycles. The minimum Gasteiger partial charge on any atom is -0.471 e. The largest absolute Gasteiger partial charge is 0.471 e. The van der Waals surface area contributed by atoms with E-state index in [1.807, 2.05) is 26.1 Å². The second kappa shape index (κ2) is 7.37. The Morgan fingerprint density at radius 2 is 1.89 bits per heavy atom. The average Bonchev–Trinajstić information content (AvgIpc) is 3.74. The fraction of sp³-hybridized carbons (Fsp3) is 0.481. The molecule has 6 rings (SSSR count). The first kappa shape index (κ1) is 22.2. The van der Waals surface area contributed by atoms with Crippen molar-refractivity contribution >= 4 is 28.4 Å². The van der Waals surface area contributed by atoms with Gasteiger partial charge in [0, 0.05) is 23.3 Å². The number of hydrogen-bond donors (Lipinski definition) is 2. The first-order valence-electron chi connectivity index (χ1n) is 12.3. The van der Waals surface area contributed by atoms with Crippen LogP contribution >= 0.6 is 0 Å². The molecule has 3 aromatic rings. The topological polar surface area (TPSA) is 112 Å². The summed E-state index contributed by atoms with van der Waals surface area (Å²) in [5.74, 6) is 1.96. The van der Waals surface area contributed by atoms with E-state index >= 15 is 0 Å². The molecule has 1 unspecified atom stereocenters. The van der Waals surface area contributed by atoms with Crippen molar-refractivity contribution in [1.29, 1.82) is 0 Å². The van der Waals surface area contributed by atoms with Crippen LogP contribution in [0.3, 0.4) is 0 Å². The predicted molar refractivity (Wildman–Crippen MR) is 133 cm³/mol. The summed E-state index contributed by atoms with van der Waals surface area (Å²) >= 11 is 0. The molecule has 8 nitrogen and oxygen atoms in total. The first-order valence-corrected chi connectivity index (χ1v) is 12.3. The molecule has 0 bridgehead atoms. The van der Waals surface area contributed by atoms with Gasteiger partial charge in [0.15, 0.2) is 0 Å². The van der Waals surface area contributed by atoms with Crippen molar-refractivity contribution in [2.24, 2.45) is 11.7 Å². The third kappa shape index (κ3) is 3.89. The van der Waals surface area contributed by atoms with E-state index < -0.39 is 5.54 Å². The molecule has 3 aliphatic rings. The molecule has 0 spiro atoms. The minimum absolute atomic E-state index is 0.151. The van der Waals surface area contributed by atoms with Crippen molar-refractivity contribution < 1.29 is 14.3 Å². The fourth-order valence-corrected chi connectivity index (χ4v) is 4.84. The van der Waals surface area contributed by atoms with Crippen LogP contribution in [0.15, 0.2) is 30.6 Å². The normalized spacial score (nSPS) is 21.6. The number of nitrogens with one attached hydrogen (secondary N) is 1. The zero-order chi connectivity index (χ0) is 24.6. The van der Waals surface area contributed by atoms with Crippen LogP contribution in [0.25, 0.3) is 10.8 Å². The third-order valence-electron chi connectivity index (χ3n) is 7.61. The van der Waals surface area contributed by atoms with E-state index in [9.17, 15) is 4.79 Å². The molecule has 35 heavy (non-hydrogen) atoms. The number of cyclic esters (lactones) is 1. The molecule has 3 N–H and O–H groups in total. The van der Waals surface area contributed by atoms with E-state index in [2.05, 4.69) is 29.1 Å². The lowest BCUT2D eigenvalue weighted by atomic mass is 9.85. The van der Waals surface area contributed by atoms with E-state index in [0.29, 0.717) is 35.6 Å². The molecular weight excluding hydrogens is 442 g/mol. The molecule has 3 aromatic heterocycles. The van der Waals surface area contributed by atoms with Gasteiger partial charge < -0.3 is 20.5 Å². The quantitative estimate of drug-likeness (QED) is 0.494.